The highest BCUT2D eigenvalue weighted by Gasteiger charge is 2.13. The average Bonchev–Trinajstić information content (AvgIpc) is 3.30. The van der Waals surface area contributed by atoms with Crippen molar-refractivity contribution in [3.05, 3.63) is 95.0 Å². The van der Waals surface area contributed by atoms with Crippen LogP contribution in [0.3, 0.4) is 0 Å². The summed E-state index contributed by atoms with van der Waals surface area (Å²) >= 11 is 8.05. The van der Waals surface area contributed by atoms with E-state index >= 15 is 0 Å². The first kappa shape index (κ1) is 27.5. The largest absolute Gasteiger partial charge is 0.487 e. The molecule has 3 aromatic carbocycles. The van der Waals surface area contributed by atoms with Gasteiger partial charge in [0.1, 0.15) is 35.1 Å². The monoisotopic (exact) mass is 575 g/mol. The van der Waals surface area contributed by atoms with Crippen LogP contribution in [0.1, 0.15) is 11.1 Å². The van der Waals surface area contributed by atoms with Gasteiger partial charge in [-0.2, -0.15) is 0 Å². The van der Waals surface area contributed by atoms with E-state index in [4.69, 9.17) is 16.3 Å². The number of amides is 1. The van der Waals surface area contributed by atoms with Crippen molar-refractivity contribution in [3.63, 3.8) is 0 Å². The van der Waals surface area contributed by atoms with E-state index in [9.17, 15) is 9.18 Å². The molecule has 0 aliphatic carbocycles. The van der Waals surface area contributed by atoms with E-state index in [1.807, 2.05) is 43.3 Å². The fourth-order valence-electron chi connectivity index (χ4n) is 4.08. The molecule has 0 aliphatic heterocycles. The van der Waals surface area contributed by atoms with Gasteiger partial charge in [-0.15, -0.1) is 11.3 Å². The van der Waals surface area contributed by atoms with Crippen molar-refractivity contribution >= 4 is 66.7 Å². The number of hydrogen-bond acceptors (Lipinski definition) is 7. The van der Waals surface area contributed by atoms with Crippen LogP contribution >= 0.6 is 22.9 Å². The van der Waals surface area contributed by atoms with Gasteiger partial charge in [-0.05, 0) is 67.7 Å². The average molecular weight is 576 g/mol. The van der Waals surface area contributed by atoms with Gasteiger partial charge in [0.2, 0.25) is 5.91 Å². The predicted octanol–water partition coefficient (Wildman–Crippen LogP) is 6.65. The molecule has 0 saturated carbocycles. The Bertz CT molecular complexity index is 1700. The summed E-state index contributed by atoms with van der Waals surface area (Å²) in [4.78, 5) is 23.9. The van der Waals surface area contributed by atoms with Crippen molar-refractivity contribution in [3.8, 4) is 5.75 Å². The Morgan fingerprint density at radius 2 is 2.00 bits per heavy atom. The smallest absolute Gasteiger partial charge is 0.244 e. The Balaban J connectivity index is 1.32. The fraction of sp³-hybridized carbons (Fsp3) is 0.167. The van der Waals surface area contributed by atoms with E-state index in [2.05, 4.69) is 20.6 Å². The molecule has 2 aromatic heterocycles. The Morgan fingerprint density at radius 1 is 1.12 bits per heavy atom. The first-order valence-electron chi connectivity index (χ1n) is 12.6. The van der Waals surface area contributed by atoms with Crippen molar-refractivity contribution in [2.24, 2.45) is 0 Å². The van der Waals surface area contributed by atoms with Crippen LogP contribution in [-0.2, 0) is 11.4 Å². The number of carbonyl (C=O) groups excluding carboxylic acids is 1. The maximum absolute atomic E-state index is 13.4. The van der Waals surface area contributed by atoms with Crippen LogP contribution < -0.4 is 15.4 Å². The number of fused-ring (bicyclic) bond motifs is 3. The Hall–Kier alpha value is -4.05. The zero-order valence-electron chi connectivity index (χ0n) is 21.9. The number of rotatable bonds is 10. The molecule has 0 fully saturated rings. The van der Waals surface area contributed by atoms with E-state index in [-0.39, 0.29) is 18.3 Å². The number of nitrogens with zero attached hydrogens (tertiary/aromatic N) is 3. The SMILES string of the molecule is CN(C)CCNC(=O)/C=C/c1ccc2c(c1)sc1ncnc(Nc3ccc(OCc4cccc(F)c4)c(Cl)c3)c12. The van der Waals surface area contributed by atoms with Crippen LogP contribution in [0.25, 0.3) is 26.4 Å². The predicted molar refractivity (Wildman–Crippen MR) is 161 cm³/mol. The number of thiophene rings is 1. The minimum atomic E-state index is -0.310. The van der Waals surface area contributed by atoms with Gasteiger partial charge in [-0.3, -0.25) is 4.79 Å². The number of ether oxygens (including phenoxy) is 1. The molecule has 2 N–H and O–H groups in total. The standard InChI is InChI=1S/C30H27ClFN5O2S/c1-37(2)13-12-33-27(38)11-7-19-6-9-23-26(15-19)40-30-28(23)29(34-18-35-30)36-22-8-10-25(24(31)16-22)39-17-20-4-3-5-21(32)14-20/h3-11,14-16,18H,12-13,17H2,1-2H3,(H,33,38)(H,34,35,36)/b11-7+. The lowest BCUT2D eigenvalue weighted by atomic mass is 10.1. The molecule has 0 saturated heterocycles. The Kier molecular flexibility index (Phi) is 8.54. The maximum Gasteiger partial charge on any atom is 0.244 e. The van der Waals surface area contributed by atoms with E-state index in [1.54, 1.807) is 47.8 Å². The summed E-state index contributed by atoms with van der Waals surface area (Å²) < 4.78 is 20.3. The molecule has 0 spiro atoms. The van der Waals surface area contributed by atoms with Gasteiger partial charge in [0.25, 0.3) is 0 Å². The molecule has 5 aromatic rings. The van der Waals surface area contributed by atoms with Crippen molar-refractivity contribution in [2.45, 2.75) is 6.61 Å². The van der Waals surface area contributed by atoms with Gasteiger partial charge < -0.3 is 20.3 Å². The van der Waals surface area contributed by atoms with Crippen LogP contribution in [0.2, 0.25) is 5.02 Å². The summed E-state index contributed by atoms with van der Waals surface area (Å²) in [6.45, 7) is 1.58. The molecule has 0 unspecified atom stereocenters. The van der Waals surface area contributed by atoms with Gasteiger partial charge in [0, 0.05) is 34.9 Å². The maximum atomic E-state index is 13.4. The number of carbonyl (C=O) groups is 1. The van der Waals surface area contributed by atoms with Crippen molar-refractivity contribution in [2.75, 3.05) is 32.5 Å². The minimum Gasteiger partial charge on any atom is -0.487 e. The van der Waals surface area contributed by atoms with Crippen molar-refractivity contribution in [1.29, 1.82) is 0 Å². The zero-order valence-corrected chi connectivity index (χ0v) is 23.5. The van der Waals surface area contributed by atoms with Gasteiger partial charge in [-0.25, -0.2) is 14.4 Å². The minimum absolute atomic E-state index is 0.125. The van der Waals surface area contributed by atoms with Crippen LogP contribution in [0.4, 0.5) is 15.9 Å². The number of aromatic nitrogens is 2. The molecule has 2 heterocycles. The Morgan fingerprint density at radius 3 is 2.80 bits per heavy atom. The fourth-order valence-corrected chi connectivity index (χ4v) is 5.40. The van der Waals surface area contributed by atoms with Crippen molar-refractivity contribution < 1.29 is 13.9 Å². The summed E-state index contributed by atoms with van der Waals surface area (Å²) in [6.07, 6.45) is 4.88. The second-order valence-electron chi connectivity index (χ2n) is 9.38. The second-order valence-corrected chi connectivity index (χ2v) is 10.8. The van der Waals surface area contributed by atoms with Crippen LogP contribution in [0.5, 0.6) is 5.75 Å². The zero-order chi connectivity index (χ0) is 28.1. The highest BCUT2D eigenvalue weighted by Crippen LogP contribution is 2.38. The molecular weight excluding hydrogens is 549 g/mol. The highest BCUT2D eigenvalue weighted by atomic mass is 35.5. The summed E-state index contributed by atoms with van der Waals surface area (Å²) in [5.74, 6) is 0.719. The second kappa shape index (κ2) is 12.4. The van der Waals surface area contributed by atoms with E-state index < -0.39 is 0 Å². The summed E-state index contributed by atoms with van der Waals surface area (Å²) in [6, 6.07) is 17.7. The first-order chi connectivity index (χ1) is 19.4. The third-order valence-electron chi connectivity index (χ3n) is 6.06. The van der Waals surface area contributed by atoms with Crippen LogP contribution in [0, 0.1) is 5.82 Å². The van der Waals surface area contributed by atoms with Gasteiger partial charge >= 0.3 is 0 Å². The number of nitrogens with one attached hydrogen (secondary N) is 2. The Labute approximate surface area is 240 Å². The molecular formula is C30H27ClFN5O2S. The molecule has 0 aliphatic rings. The number of benzene rings is 3. The van der Waals surface area contributed by atoms with Crippen LogP contribution in [0.15, 0.2) is 73.1 Å². The lowest BCUT2D eigenvalue weighted by molar-refractivity contribution is -0.116. The van der Waals surface area contributed by atoms with Crippen molar-refractivity contribution in [1.82, 2.24) is 20.2 Å². The van der Waals surface area contributed by atoms with E-state index in [1.165, 1.54) is 18.5 Å². The highest BCUT2D eigenvalue weighted by molar-refractivity contribution is 7.25. The van der Waals surface area contributed by atoms with E-state index in [0.717, 1.165) is 38.1 Å². The molecule has 1 amide bonds. The molecule has 10 heteroatoms. The quantitative estimate of drug-likeness (QED) is 0.182. The summed E-state index contributed by atoms with van der Waals surface area (Å²) in [7, 11) is 3.93. The van der Waals surface area contributed by atoms with Crippen LogP contribution in [-0.4, -0.2) is 48.0 Å². The molecule has 0 atom stereocenters. The molecule has 0 bridgehead atoms. The third-order valence-corrected chi connectivity index (χ3v) is 7.41. The molecule has 204 valence electrons. The van der Waals surface area contributed by atoms with Gasteiger partial charge in [0.05, 0.1) is 10.4 Å². The third kappa shape index (κ3) is 6.74. The topological polar surface area (TPSA) is 79.4 Å². The number of anilines is 2. The number of likely N-dealkylation sites (N-methyl/N-ethyl adjacent to an activating group) is 1. The molecule has 5 rings (SSSR count). The summed E-state index contributed by atoms with van der Waals surface area (Å²) in [5.41, 5.74) is 2.38. The van der Waals surface area contributed by atoms with E-state index in [0.29, 0.717) is 28.7 Å². The normalized spacial score (nSPS) is 11.5. The first-order valence-corrected chi connectivity index (χ1v) is 13.8. The lowest BCUT2D eigenvalue weighted by Crippen LogP contribution is -2.30. The molecule has 40 heavy (non-hydrogen) atoms. The number of halogens is 2. The summed E-state index contributed by atoms with van der Waals surface area (Å²) in [5, 5.41) is 8.56. The molecule has 7 nitrogen and oxygen atoms in total. The van der Waals surface area contributed by atoms with Gasteiger partial charge in [0.15, 0.2) is 0 Å². The van der Waals surface area contributed by atoms with Gasteiger partial charge in [-0.1, -0.05) is 35.9 Å². The lowest BCUT2D eigenvalue weighted by Gasteiger charge is -2.11. The molecule has 0 radical (unpaired) electrons. The number of hydrogen-bond donors (Lipinski definition) is 2.